The first-order valence-corrected chi connectivity index (χ1v) is 8.48. The third-order valence-corrected chi connectivity index (χ3v) is 6.95. The molecule has 0 N–H and O–H groups in total. The summed E-state index contributed by atoms with van der Waals surface area (Å²) in [5.41, 5.74) is 0.260. The first-order valence-electron chi connectivity index (χ1n) is 7.23. The minimum absolute atomic E-state index is 0.260. The zero-order valence-corrected chi connectivity index (χ0v) is 13.2. The Balaban J connectivity index is 1.73. The van der Waals surface area contributed by atoms with Gasteiger partial charge in [-0.3, -0.25) is 0 Å². The molecule has 0 amide bonds. The molecule has 2 heteroatoms. The molecular weight excluding hydrogens is 260 g/mol. The van der Waals surface area contributed by atoms with Crippen molar-refractivity contribution >= 4 is 22.9 Å². The maximum absolute atomic E-state index is 6.75. The van der Waals surface area contributed by atoms with Crippen molar-refractivity contribution in [1.82, 2.24) is 0 Å². The van der Waals surface area contributed by atoms with E-state index >= 15 is 0 Å². The fourth-order valence-electron chi connectivity index (χ4n) is 3.58. The fourth-order valence-corrected chi connectivity index (χ4v) is 5.26. The van der Waals surface area contributed by atoms with E-state index in [1.165, 1.54) is 35.4 Å². The van der Waals surface area contributed by atoms with Gasteiger partial charge < -0.3 is 0 Å². The zero-order valence-electron chi connectivity index (χ0n) is 11.6. The van der Waals surface area contributed by atoms with Gasteiger partial charge in [0.05, 0.1) is 5.38 Å². The van der Waals surface area contributed by atoms with Crippen LogP contribution < -0.4 is 0 Å². The summed E-state index contributed by atoms with van der Waals surface area (Å²) in [6, 6.07) is 4.55. The summed E-state index contributed by atoms with van der Waals surface area (Å²) in [7, 11) is 0. The molecule has 0 aliphatic heterocycles. The largest absolute Gasteiger partial charge is 0.143 e. The summed E-state index contributed by atoms with van der Waals surface area (Å²) < 4.78 is 0. The predicted octanol–water partition coefficient (Wildman–Crippen LogP) is 5.76. The molecule has 2 aliphatic carbocycles. The average molecular weight is 283 g/mol. The van der Waals surface area contributed by atoms with Gasteiger partial charge in [-0.25, -0.2) is 0 Å². The molecule has 3 unspecified atom stereocenters. The van der Waals surface area contributed by atoms with E-state index in [9.17, 15) is 0 Å². The molecule has 0 saturated heterocycles. The van der Waals surface area contributed by atoms with Crippen molar-refractivity contribution in [1.29, 1.82) is 0 Å². The standard InChI is InChI=1S/C16H23ClS/c1-16(2,3)13-9-8-12(18-13)15(17)14-10-6-4-5-7-11(10)14/h8-11,14-15H,4-7H2,1-3H3. The van der Waals surface area contributed by atoms with E-state index < -0.39 is 0 Å². The number of halogens is 1. The minimum Gasteiger partial charge on any atom is -0.143 e. The first-order chi connectivity index (χ1) is 8.48. The van der Waals surface area contributed by atoms with Crippen LogP contribution in [-0.4, -0.2) is 0 Å². The van der Waals surface area contributed by atoms with Gasteiger partial charge in [0.25, 0.3) is 0 Å². The van der Waals surface area contributed by atoms with Crippen molar-refractivity contribution in [2.75, 3.05) is 0 Å². The lowest BCUT2D eigenvalue weighted by molar-refractivity contribution is 0.480. The molecule has 2 saturated carbocycles. The molecule has 3 atom stereocenters. The summed E-state index contributed by atoms with van der Waals surface area (Å²) in [5.74, 6) is 2.67. The molecule has 0 radical (unpaired) electrons. The lowest BCUT2D eigenvalue weighted by Gasteiger charge is -2.15. The number of hydrogen-bond donors (Lipinski definition) is 0. The highest BCUT2D eigenvalue weighted by Crippen LogP contribution is 2.62. The summed E-state index contributed by atoms with van der Waals surface area (Å²) >= 11 is 8.68. The second kappa shape index (κ2) is 4.52. The van der Waals surface area contributed by atoms with Gasteiger partial charge in [0.15, 0.2) is 0 Å². The number of hydrogen-bond acceptors (Lipinski definition) is 1. The van der Waals surface area contributed by atoms with Crippen molar-refractivity contribution < 1.29 is 0 Å². The van der Waals surface area contributed by atoms with E-state index in [0.717, 1.165) is 17.8 Å². The Bertz CT molecular complexity index is 417. The van der Waals surface area contributed by atoms with Gasteiger partial charge >= 0.3 is 0 Å². The number of fused-ring (bicyclic) bond motifs is 1. The predicted molar refractivity (Wildman–Crippen MR) is 80.6 cm³/mol. The average Bonchev–Trinajstić information content (AvgIpc) is 2.81. The second-order valence-electron chi connectivity index (χ2n) is 7.04. The highest BCUT2D eigenvalue weighted by molar-refractivity contribution is 7.12. The van der Waals surface area contributed by atoms with Gasteiger partial charge in [-0.05, 0) is 48.1 Å². The highest BCUT2D eigenvalue weighted by atomic mass is 35.5. The highest BCUT2D eigenvalue weighted by Gasteiger charge is 2.54. The van der Waals surface area contributed by atoms with Crippen LogP contribution in [0, 0.1) is 17.8 Å². The van der Waals surface area contributed by atoms with Crippen LogP contribution in [0.25, 0.3) is 0 Å². The number of alkyl halides is 1. The molecular formula is C16H23ClS. The number of rotatable bonds is 2. The van der Waals surface area contributed by atoms with Crippen molar-refractivity contribution in [3.63, 3.8) is 0 Å². The van der Waals surface area contributed by atoms with Crippen molar-refractivity contribution in [3.8, 4) is 0 Å². The van der Waals surface area contributed by atoms with Gasteiger partial charge in [-0.2, -0.15) is 0 Å². The maximum Gasteiger partial charge on any atom is 0.0712 e. The third-order valence-electron chi connectivity index (χ3n) is 4.70. The van der Waals surface area contributed by atoms with E-state index in [1.807, 2.05) is 11.3 Å². The van der Waals surface area contributed by atoms with Crippen LogP contribution in [0.15, 0.2) is 12.1 Å². The van der Waals surface area contributed by atoms with Crippen molar-refractivity contribution in [3.05, 3.63) is 21.9 Å². The van der Waals surface area contributed by atoms with Crippen LogP contribution in [0.3, 0.4) is 0 Å². The van der Waals surface area contributed by atoms with Crippen LogP contribution in [0.1, 0.15) is 61.6 Å². The molecule has 1 aromatic rings. The lowest BCUT2D eigenvalue weighted by Crippen LogP contribution is -2.07. The summed E-state index contributed by atoms with van der Waals surface area (Å²) in [4.78, 5) is 2.87. The zero-order chi connectivity index (χ0) is 12.9. The molecule has 18 heavy (non-hydrogen) atoms. The van der Waals surface area contributed by atoms with Crippen LogP contribution in [0.5, 0.6) is 0 Å². The lowest BCUT2D eigenvalue weighted by atomic mass is 9.95. The van der Waals surface area contributed by atoms with Gasteiger partial charge in [-0.1, -0.05) is 33.6 Å². The summed E-state index contributed by atoms with van der Waals surface area (Å²) in [5, 5.41) is 0.277. The molecule has 2 fully saturated rings. The molecule has 3 rings (SSSR count). The summed E-state index contributed by atoms with van der Waals surface area (Å²) in [6.45, 7) is 6.84. The molecule has 1 aromatic heterocycles. The van der Waals surface area contributed by atoms with Gasteiger partial charge in [0.2, 0.25) is 0 Å². The second-order valence-corrected chi connectivity index (χ2v) is 8.63. The van der Waals surface area contributed by atoms with Crippen molar-refractivity contribution in [2.45, 2.75) is 57.2 Å². The smallest absolute Gasteiger partial charge is 0.0712 e. The molecule has 0 bridgehead atoms. The Morgan fingerprint density at radius 3 is 2.28 bits per heavy atom. The molecule has 100 valence electrons. The van der Waals surface area contributed by atoms with Crippen LogP contribution >= 0.6 is 22.9 Å². The molecule has 0 aromatic carbocycles. The monoisotopic (exact) mass is 282 g/mol. The summed E-state index contributed by atoms with van der Waals surface area (Å²) in [6.07, 6.45) is 5.71. The van der Waals surface area contributed by atoms with E-state index in [4.69, 9.17) is 11.6 Å². The van der Waals surface area contributed by atoms with Gasteiger partial charge in [-0.15, -0.1) is 22.9 Å². The van der Waals surface area contributed by atoms with Crippen molar-refractivity contribution in [2.24, 2.45) is 17.8 Å². The Morgan fingerprint density at radius 2 is 1.78 bits per heavy atom. The van der Waals surface area contributed by atoms with E-state index in [2.05, 4.69) is 32.9 Å². The van der Waals surface area contributed by atoms with Crippen LogP contribution in [0.2, 0.25) is 0 Å². The first kappa shape index (κ1) is 13.0. The van der Waals surface area contributed by atoms with E-state index in [-0.39, 0.29) is 10.8 Å². The van der Waals surface area contributed by atoms with Crippen LogP contribution in [0.4, 0.5) is 0 Å². The maximum atomic E-state index is 6.75. The minimum atomic E-state index is 0.260. The Hall–Kier alpha value is -0.0100. The third kappa shape index (κ3) is 2.25. The van der Waals surface area contributed by atoms with E-state index in [0.29, 0.717) is 0 Å². The molecule has 0 spiro atoms. The SMILES string of the molecule is CC(C)(C)c1ccc(C(Cl)C2C3CCCCC32)s1. The quantitative estimate of drug-likeness (QED) is 0.605. The fraction of sp³-hybridized carbons (Fsp3) is 0.750. The number of thiophene rings is 1. The Kier molecular flexibility index (Phi) is 3.27. The molecule has 2 aliphatic rings. The molecule has 1 heterocycles. The van der Waals surface area contributed by atoms with Gasteiger partial charge in [0, 0.05) is 9.75 Å². The van der Waals surface area contributed by atoms with Crippen LogP contribution in [-0.2, 0) is 5.41 Å². The van der Waals surface area contributed by atoms with Gasteiger partial charge in [0.1, 0.15) is 0 Å². The van der Waals surface area contributed by atoms with E-state index in [1.54, 1.807) is 0 Å². The Morgan fingerprint density at radius 1 is 1.17 bits per heavy atom. The Labute approximate surface area is 120 Å². The normalized spacial score (nSPS) is 33.0. The molecule has 0 nitrogen and oxygen atoms in total. The topological polar surface area (TPSA) is 0 Å².